The summed E-state index contributed by atoms with van der Waals surface area (Å²) in [6.07, 6.45) is -4.80. The highest BCUT2D eigenvalue weighted by molar-refractivity contribution is 5.95. The smallest absolute Gasteiger partial charge is 0.380 e. The van der Waals surface area contributed by atoms with Crippen molar-refractivity contribution < 1.29 is 27.5 Å². The predicted octanol–water partition coefficient (Wildman–Crippen LogP) is 1.28. The molecule has 1 aromatic rings. The second-order valence-corrected chi connectivity index (χ2v) is 4.72. The Balaban J connectivity index is 2.56. The molecule has 9 heteroatoms. The Morgan fingerprint density at radius 2 is 1.87 bits per heavy atom. The number of alkyl halides is 3. The normalized spacial score (nSPS) is 12.6. The maximum absolute atomic E-state index is 12.0. The number of benzene rings is 1. The number of halogens is 3. The lowest BCUT2D eigenvalue weighted by Crippen LogP contribution is -2.33. The monoisotopic (exact) mass is 333 g/mol. The first-order chi connectivity index (χ1) is 10.7. The number of nitrogens with two attached hydrogens (primary N) is 1. The van der Waals surface area contributed by atoms with Crippen LogP contribution in [-0.4, -0.2) is 44.3 Å². The summed E-state index contributed by atoms with van der Waals surface area (Å²) in [5.74, 6) is -1.17. The maximum Gasteiger partial charge on any atom is 0.405 e. The summed E-state index contributed by atoms with van der Waals surface area (Å²) in [7, 11) is 1.44. The molecule has 1 atom stereocenters. The van der Waals surface area contributed by atoms with Gasteiger partial charge in [-0.15, -0.1) is 0 Å². The number of hydrogen-bond acceptors (Lipinski definition) is 4. The van der Waals surface area contributed by atoms with Gasteiger partial charge in [-0.25, -0.2) is 0 Å². The lowest BCUT2D eigenvalue weighted by Gasteiger charge is -2.13. The molecule has 0 spiro atoms. The molecule has 0 aliphatic rings. The van der Waals surface area contributed by atoms with Gasteiger partial charge in [0.05, 0.1) is 12.5 Å². The Hall–Kier alpha value is -2.13. The van der Waals surface area contributed by atoms with Gasteiger partial charge >= 0.3 is 6.18 Å². The summed E-state index contributed by atoms with van der Waals surface area (Å²) < 4.78 is 41.0. The van der Waals surface area contributed by atoms with Crippen molar-refractivity contribution >= 4 is 17.5 Å². The minimum absolute atomic E-state index is 0.0592. The summed E-state index contributed by atoms with van der Waals surface area (Å²) in [5.41, 5.74) is 5.88. The lowest BCUT2D eigenvalue weighted by molar-refractivity contribution is -0.123. The van der Waals surface area contributed by atoms with Gasteiger partial charge in [0, 0.05) is 24.9 Å². The molecule has 0 radical (unpaired) electrons. The summed E-state index contributed by atoms with van der Waals surface area (Å²) in [5, 5.41) is 4.34. The molecule has 0 aliphatic carbocycles. The van der Waals surface area contributed by atoms with Gasteiger partial charge in [0.1, 0.15) is 6.54 Å². The summed E-state index contributed by atoms with van der Waals surface area (Å²) in [4.78, 5) is 23.2. The summed E-state index contributed by atoms with van der Waals surface area (Å²) in [6.45, 7) is -1.20. The van der Waals surface area contributed by atoms with Crippen molar-refractivity contribution in [3.8, 4) is 0 Å². The van der Waals surface area contributed by atoms with E-state index in [1.807, 2.05) is 0 Å². The van der Waals surface area contributed by atoms with Gasteiger partial charge in [-0.05, 0) is 24.3 Å². The molecule has 6 nitrogen and oxygen atoms in total. The van der Waals surface area contributed by atoms with Crippen molar-refractivity contribution in [2.75, 3.05) is 25.5 Å². The fourth-order valence-corrected chi connectivity index (χ4v) is 1.67. The van der Waals surface area contributed by atoms with E-state index in [1.165, 1.54) is 31.4 Å². The van der Waals surface area contributed by atoms with E-state index < -0.39 is 24.7 Å². The number of methoxy groups -OCH3 is 1. The number of anilines is 1. The van der Waals surface area contributed by atoms with E-state index in [-0.39, 0.29) is 24.4 Å². The van der Waals surface area contributed by atoms with Crippen LogP contribution in [0.1, 0.15) is 16.8 Å². The van der Waals surface area contributed by atoms with Crippen LogP contribution < -0.4 is 16.4 Å². The van der Waals surface area contributed by atoms with Crippen molar-refractivity contribution in [3.05, 3.63) is 29.8 Å². The minimum Gasteiger partial charge on any atom is -0.380 e. The lowest BCUT2D eigenvalue weighted by atomic mass is 10.2. The zero-order valence-corrected chi connectivity index (χ0v) is 12.4. The average molecular weight is 333 g/mol. The SMILES string of the molecule is COC(CN)CC(=O)Nc1ccc(C(=O)NCC(F)(F)F)cc1. The zero-order chi connectivity index (χ0) is 17.5. The first-order valence-electron chi connectivity index (χ1n) is 6.73. The summed E-state index contributed by atoms with van der Waals surface area (Å²) >= 11 is 0. The van der Waals surface area contributed by atoms with Gasteiger partial charge < -0.3 is 21.1 Å². The zero-order valence-electron chi connectivity index (χ0n) is 12.4. The van der Waals surface area contributed by atoms with Crippen LogP contribution >= 0.6 is 0 Å². The highest BCUT2D eigenvalue weighted by Gasteiger charge is 2.27. The van der Waals surface area contributed by atoms with Crippen LogP contribution in [-0.2, 0) is 9.53 Å². The second-order valence-electron chi connectivity index (χ2n) is 4.72. The number of hydrogen-bond donors (Lipinski definition) is 3. The molecular weight excluding hydrogens is 315 g/mol. The van der Waals surface area contributed by atoms with Crippen LogP contribution in [0, 0.1) is 0 Å². The number of carbonyl (C=O) groups excluding carboxylic acids is 2. The predicted molar refractivity (Wildman–Crippen MR) is 77.9 cm³/mol. The Kier molecular flexibility index (Phi) is 6.98. The summed E-state index contributed by atoms with van der Waals surface area (Å²) in [6, 6.07) is 5.48. The molecule has 0 fully saturated rings. The number of carbonyl (C=O) groups is 2. The highest BCUT2D eigenvalue weighted by Crippen LogP contribution is 2.14. The molecule has 0 aliphatic heterocycles. The van der Waals surface area contributed by atoms with Crippen molar-refractivity contribution in [1.82, 2.24) is 5.32 Å². The third kappa shape index (κ3) is 7.11. The van der Waals surface area contributed by atoms with Gasteiger partial charge in [0.15, 0.2) is 0 Å². The van der Waals surface area contributed by atoms with Gasteiger partial charge in [-0.1, -0.05) is 0 Å². The van der Waals surface area contributed by atoms with Crippen molar-refractivity contribution in [3.63, 3.8) is 0 Å². The molecule has 128 valence electrons. The third-order valence-electron chi connectivity index (χ3n) is 2.89. The van der Waals surface area contributed by atoms with Crippen LogP contribution in [0.5, 0.6) is 0 Å². The van der Waals surface area contributed by atoms with Crippen LogP contribution in [0.3, 0.4) is 0 Å². The fraction of sp³-hybridized carbons (Fsp3) is 0.429. The molecule has 23 heavy (non-hydrogen) atoms. The number of rotatable bonds is 7. The molecule has 0 saturated carbocycles. The highest BCUT2D eigenvalue weighted by atomic mass is 19.4. The maximum atomic E-state index is 12.0. The molecule has 2 amide bonds. The molecule has 1 unspecified atom stereocenters. The molecular formula is C14H18F3N3O3. The van der Waals surface area contributed by atoms with Crippen molar-refractivity contribution in [2.45, 2.75) is 18.7 Å². The van der Waals surface area contributed by atoms with Crippen molar-refractivity contribution in [2.24, 2.45) is 5.73 Å². The Bertz CT molecular complexity index is 528. The van der Waals surface area contributed by atoms with E-state index in [9.17, 15) is 22.8 Å². The largest absolute Gasteiger partial charge is 0.405 e. The van der Waals surface area contributed by atoms with E-state index in [0.29, 0.717) is 5.69 Å². The van der Waals surface area contributed by atoms with Gasteiger partial charge in [-0.3, -0.25) is 9.59 Å². The van der Waals surface area contributed by atoms with Crippen molar-refractivity contribution in [1.29, 1.82) is 0 Å². The molecule has 1 aromatic carbocycles. The number of ether oxygens (including phenoxy) is 1. The van der Waals surface area contributed by atoms with Crippen LogP contribution in [0.15, 0.2) is 24.3 Å². The van der Waals surface area contributed by atoms with E-state index in [1.54, 1.807) is 5.32 Å². The van der Waals surface area contributed by atoms with E-state index in [2.05, 4.69) is 5.32 Å². The Labute approximate surface area is 131 Å². The van der Waals surface area contributed by atoms with E-state index in [0.717, 1.165) is 0 Å². The fourth-order valence-electron chi connectivity index (χ4n) is 1.67. The molecule has 0 heterocycles. The molecule has 0 bridgehead atoms. The van der Waals surface area contributed by atoms with Gasteiger partial charge in [0.2, 0.25) is 5.91 Å². The average Bonchev–Trinajstić information content (AvgIpc) is 2.50. The van der Waals surface area contributed by atoms with E-state index in [4.69, 9.17) is 10.5 Å². The van der Waals surface area contributed by atoms with Gasteiger partial charge in [-0.2, -0.15) is 13.2 Å². The van der Waals surface area contributed by atoms with E-state index >= 15 is 0 Å². The molecule has 0 aromatic heterocycles. The Morgan fingerprint density at radius 1 is 1.26 bits per heavy atom. The molecule has 4 N–H and O–H groups in total. The number of nitrogens with one attached hydrogen (secondary N) is 2. The van der Waals surface area contributed by atoms with Gasteiger partial charge in [0.25, 0.3) is 5.91 Å². The molecule has 0 saturated heterocycles. The Morgan fingerprint density at radius 3 is 2.35 bits per heavy atom. The second kappa shape index (κ2) is 8.49. The number of amides is 2. The first-order valence-corrected chi connectivity index (χ1v) is 6.73. The minimum atomic E-state index is -4.47. The standard InChI is InChI=1S/C14H18F3N3O3/c1-23-11(7-18)6-12(21)20-10-4-2-9(3-5-10)13(22)19-8-14(15,16)17/h2-5,11H,6-8,18H2,1H3,(H,19,22)(H,20,21). The quantitative estimate of drug-likeness (QED) is 0.701. The molecule has 1 rings (SSSR count). The first kappa shape index (κ1) is 18.9. The topological polar surface area (TPSA) is 93.4 Å². The van der Waals surface area contributed by atoms with Crippen LogP contribution in [0.4, 0.5) is 18.9 Å². The third-order valence-corrected chi connectivity index (χ3v) is 2.89. The van der Waals surface area contributed by atoms with Crippen LogP contribution in [0.25, 0.3) is 0 Å². The van der Waals surface area contributed by atoms with Crippen LogP contribution in [0.2, 0.25) is 0 Å².